The van der Waals surface area contributed by atoms with Gasteiger partial charge < -0.3 is 15.0 Å². The second kappa shape index (κ2) is 8.44. The fraction of sp³-hybridized carbons (Fsp3) is 0.300. The summed E-state index contributed by atoms with van der Waals surface area (Å²) in [6, 6.07) is 13.1. The van der Waals surface area contributed by atoms with Crippen molar-refractivity contribution in [1.82, 2.24) is 4.90 Å². The Morgan fingerprint density at radius 2 is 1.88 bits per heavy atom. The van der Waals surface area contributed by atoms with E-state index in [1.807, 2.05) is 44.2 Å². The highest BCUT2D eigenvalue weighted by Gasteiger charge is 2.16. The van der Waals surface area contributed by atoms with Crippen LogP contribution in [0.3, 0.4) is 0 Å². The van der Waals surface area contributed by atoms with E-state index in [1.54, 1.807) is 26.3 Å². The minimum absolute atomic E-state index is 0.0132. The van der Waals surface area contributed by atoms with Gasteiger partial charge in [-0.05, 0) is 48.7 Å². The van der Waals surface area contributed by atoms with Crippen molar-refractivity contribution < 1.29 is 14.3 Å². The van der Waals surface area contributed by atoms with E-state index in [0.29, 0.717) is 12.2 Å². The second-order valence-electron chi connectivity index (χ2n) is 6.16. The summed E-state index contributed by atoms with van der Waals surface area (Å²) in [5.74, 6) is -0.424. The number of nitrogens with one attached hydrogen (secondary N) is 1. The van der Waals surface area contributed by atoms with Crippen molar-refractivity contribution in [2.24, 2.45) is 0 Å². The van der Waals surface area contributed by atoms with Gasteiger partial charge in [-0.2, -0.15) is 0 Å². The van der Waals surface area contributed by atoms with E-state index in [1.165, 1.54) is 4.90 Å². The molecule has 0 saturated heterocycles. The predicted molar refractivity (Wildman–Crippen MR) is 98.7 cm³/mol. The Balaban J connectivity index is 2.01. The molecular formula is C20H24N2O3. The van der Waals surface area contributed by atoms with E-state index >= 15 is 0 Å². The summed E-state index contributed by atoms with van der Waals surface area (Å²) in [5, 5.41) is 2.87. The van der Waals surface area contributed by atoms with Crippen molar-refractivity contribution in [3.05, 3.63) is 64.7 Å². The first-order chi connectivity index (χ1) is 11.9. The molecule has 2 amide bonds. The lowest BCUT2D eigenvalue weighted by atomic mass is 10.1. The molecule has 0 bridgehead atoms. The Labute approximate surface area is 148 Å². The zero-order valence-corrected chi connectivity index (χ0v) is 15.1. The molecule has 0 aromatic heterocycles. The molecule has 0 radical (unpaired) electrons. The molecule has 0 unspecified atom stereocenters. The van der Waals surface area contributed by atoms with Crippen LogP contribution in [0.1, 0.15) is 27.0 Å². The van der Waals surface area contributed by atoms with Crippen molar-refractivity contribution in [2.45, 2.75) is 20.5 Å². The first-order valence-corrected chi connectivity index (χ1v) is 8.11. The number of carbonyl (C=O) groups excluding carboxylic acids is 2. The Bertz CT molecular complexity index is 771. The SMILES string of the molecule is COCc1cccc(C(=O)N(C)CC(=O)Nc2cc(C)ccc2C)c1. The van der Waals surface area contributed by atoms with Crippen LogP contribution in [-0.4, -0.2) is 37.4 Å². The number of rotatable bonds is 6. The number of benzene rings is 2. The number of hydrogen-bond donors (Lipinski definition) is 1. The zero-order chi connectivity index (χ0) is 18.4. The highest BCUT2D eigenvalue weighted by molar-refractivity contribution is 5.99. The summed E-state index contributed by atoms with van der Waals surface area (Å²) in [5.41, 5.74) is 4.28. The number of amides is 2. The minimum atomic E-state index is -0.224. The van der Waals surface area contributed by atoms with Gasteiger partial charge in [0.25, 0.3) is 5.91 Å². The van der Waals surface area contributed by atoms with Crippen molar-refractivity contribution in [1.29, 1.82) is 0 Å². The predicted octanol–water partition coefficient (Wildman–Crippen LogP) is 3.16. The van der Waals surface area contributed by atoms with Crippen molar-refractivity contribution in [2.75, 3.05) is 26.0 Å². The number of likely N-dealkylation sites (N-methyl/N-ethyl adjacent to an activating group) is 1. The Morgan fingerprint density at radius 1 is 1.12 bits per heavy atom. The number of ether oxygens (including phenoxy) is 1. The number of nitrogens with zero attached hydrogens (tertiary/aromatic N) is 1. The molecule has 0 saturated carbocycles. The van der Waals surface area contributed by atoms with Gasteiger partial charge in [0.05, 0.1) is 13.2 Å². The van der Waals surface area contributed by atoms with Crippen LogP contribution in [0.2, 0.25) is 0 Å². The van der Waals surface area contributed by atoms with E-state index in [4.69, 9.17) is 4.74 Å². The van der Waals surface area contributed by atoms with E-state index in [-0.39, 0.29) is 18.4 Å². The highest BCUT2D eigenvalue weighted by Crippen LogP contribution is 2.16. The molecule has 0 aliphatic rings. The van der Waals surface area contributed by atoms with Crippen LogP contribution in [-0.2, 0) is 16.1 Å². The van der Waals surface area contributed by atoms with Crippen LogP contribution in [0, 0.1) is 13.8 Å². The number of hydrogen-bond acceptors (Lipinski definition) is 3. The van der Waals surface area contributed by atoms with Crippen LogP contribution in [0.15, 0.2) is 42.5 Å². The maximum atomic E-state index is 12.5. The van der Waals surface area contributed by atoms with Crippen molar-refractivity contribution >= 4 is 17.5 Å². The Hall–Kier alpha value is -2.66. The molecule has 2 aromatic carbocycles. The smallest absolute Gasteiger partial charge is 0.254 e. The third kappa shape index (κ3) is 5.16. The average molecular weight is 340 g/mol. The van der Waals surface area contributed by atoms with E-state index < -0.39 is 0 Å². The lowest BCUT2D eigenvalue weighted by Gasteiger charge is -2.18. The molecule has 0 heterocycles. The molecule has 0 atom stereocenters. The van der Waals surface area contributed by atoms with Crippen molar-refractivity contribution in [3.63, 3.8) is 0 Å². The summed E-state index contributed by atoms with van der Waals surface area (Å²) in [4.78, 5) is 26.2. The number of carbonyl (C=O) groups is 2. The summed E-state index contributed by atoms with van der Waals surface area (Å²) < 4.78 is 5.09. The number of anilines is 1. The van der Waals surface area contributed by atoms with E-state index in [0.717, 1.165) is 22.4 Å². The number of aryl methyl sites for hydroxylation is 2. The van der Waals surface area contributed by atoms with Gasteiger partial charge in [-0.3, -0.25) is 9.59 Å². The molecule has 0 aliphatic heterocycles. The standard InChI is InChI=1S/C20H24N2O3/c1-14-8-9-15(2)18(10-14)21-19(23)12-22(3)20(24)17-7-5-6-16(11-17)13-25-4/h5-11H,12-13H2,1-4H3,(H,21,23). The van der Waals surface area contributed by atoms with Gasteiger partial charge >= 0.3 is 0 Å². The van der Waals surface area contributed by atoms with Gasteiger partial charge in [-0.15, -0.1) is 0 Å². The van der Waals surface area contributed by atoms with Crippen LogP contribution in [0.5, 0.6) is 0 Å². The highest BCUT2D eigenvalue weighted by atomic mass is 16.5. The van der Waals surface area contributed by atoms with Crippen molar-refractivity contribution in [3.8, 4) is 0 Å². The fourth-order valence-electron chi connectivity index (χ4n) is 2.53. The summed E-state index contributed by atoms with van der Waals surface area (Å²) >= 11 is 0. The first kappa shape index (κ1) is 18.7. The topological polar surface area (TPSA) is 58.6 Å². The lowest BCUT2D eigenvalue weighted by Crippen LogP contribution is -2.35. The molecular weight excluding hydrogens is 316 g/mol. The van der Waals surface area contributed by atoms with Crippen LogP contribution in [0.4, 0.5) is 5.69 Å². The molecule has 5 heteroatoms. The third-order valence-electron chi connectivity index (χ3n) is 3.88. The summed E-state index contributed by atoms with van der Waals surface area (Å²) in [6.07, 6.45) is 0. The first-order valence-electron chi connectivity index (χ1n) is 8.11. The molecule has 0 spiro atoms. The lowest BCUT2D eigenvalue weighted by molar-refractivity contribution is -0.116. The monoisotopic (exact) mass is 340 g/mol. The quantitative estimate of drug-likeness (QED) is 0.879. The molecule has 132 valence electrons. The van der Waals surface area contributed by atoms with E-state index in [9.17, 15) is 9.59 Å². The number of methoxy groups -OCH3 is 1. The van der Waals surface area contributed by atoms with Gasteiger partial charge in [0.2, 0.25) is 5.91 Å². The molecule has 25 heavy (non-hydrogen) atoms. The zero-order valence-electron chi connectivity index (χ0n) is 15.1. The van der Waals surface area contributed by atoms with E-state index in [2.05, 4.69) is 5.32 Å². The molecule has 1 N–H and O–H groups in total. The summed E-state index contributed by atoms with van der Waals surface area (Å²) in [7, 11) is 3.23. The Kier molecular flexibility index (Phi) is 6.31. The largest absolute Gasteiger partial charge is 0.380 e. The maximum absolute atomic E-state index is 12.5. The van der Waals surface area contributed by atoms with Gasteiger partial charge in [-0.1, -0.05) is 24.3 Å². The minimum Gasteiger partial charge on any atom is -0.380 e. The molecule has 2 rings (SSSR count). The summed E-state index contributed by atoms with van der Waals surface area (Å²) in [6.45, 7) is 4.33. The molecule has 5 nitrogen and oxygen atoms in total. The van der Waals surface area contributed by atoms with Crippen LogP contribution >= 0.6 is 0 Å². The normalized spacial score (nSPS) is 10.4. The second-order valence-corrected chi connectivity index (χ2v) is 6.16. The third-order valence-corrected chi connectivity index (χ3v) is 3.88. The van der Waals surface area contributed by atoms with Gasteiger partial charge in [0.15, 0.2) is 0 Å². The van der Waals surface area contributed by atoms with Gasteiger partial charge in [0.1, 0.15) is 0 Å². The maximum Gasteiger partial charge on any atom is 0.254 e. The fourth-order valence-corrected chi connectivity index (χ4v) is 2.53. The average Bonchev–Trinajstić information content (AvgIpc) is 2.58. The van der Waals surface area contributed by atoms with Gasteiger partial charge in [0, 0.05) is 25.4 Å². The molecule has 2 aromatic rings. The van der Waals surface area contributed by atoms with Crippen LogP contribution in [0.25, 0.3) is 0 Å². The molecule has 0 fully saturated rings. The Morgan fingerprint density at radius 3 is 2.60 bits per heavy atom. The van der Waals surface area contributed by atoms with Gasteiger partial charge in [-0.25, -0.2) is 0 Å². The van der Waals surface area contributed by atoms with Crippen LogP contribution < -0.4 is 5.32 Å². The molecule has 0 aliphatic carbocycles.